The van der Waals surface area contributed by atoms with E-state index in [1.54, 1.807) is 0 Å². The molecule has 0 aliphatic carbocycles. The minimum absolute atomic E-state index is 0.0178. The lowest BCUT2D eigenvalue weighted by atomic mass is 10.0. The first kappa shape index (κ1) is 49.2. The number of aromatic nitrogens is 6. The molecule has 21 heteroatoms. The van der Waals surface area contributed by atoms with Gasteiger partial charge >= 0.3 is 0 Å². The van der Waals surface area contributed by atoms with E-state index in [1.165, 1.54) is 21.1 Å². The molecule has 380 valence electrons. The summed E-state index contributed by atoms with van der Waals surface area (Å²) < 4.78 is 72.7. The number of sulfonamides is 2. The Labute approximate surface area is 418 Å². The maximum Gasteiger partial charge on any atom is 0.227 e. The number of hydrogen-bond acceptors (Lipinski definition) is 13. The van der Waals surface area contributed by atoms with Crippen molar-refractivity contribution >= 4 is 59.6 Å². The highest BCUT2D eigenvalue weighted by Gasteiger charge is 2.40. The Balaban J connectivity index is 0.000000172. The van der Waals surface area contributed by atoms with Crippen LogP contribution in [0.2, 0.25) is 0 Å². The summed E-state index contributed by atoms with van der Waals surface area (Å²) in [6.07, 6.45) is 6.97. The number of rotatable bonds is 12. The van der Waals surface area contributed by atoms with Crippen molar-refractivity contribution in [2.24, 2.45) is 0 Å². The number of nitrogens with zero attached hydrogens (tertiary/aromatic N) is 9. The van der Waals surface area contributed by atoms with Gasteiger partial charge in [-0.15, -0.1) is 0 Å². The monoisotopic (exact) mass is 1020 g/mol. The molecule has 8 heterocycles. The number of anilines is 1. The van der Waals surface area contributed by atoms with E-state index in [0.717, 1.165) is 96.7 Å². The second-order valence-corrected chi connectivity index (χ2v) is 23.4. The molecule has 19 nitrogen and oxygen atoms in total. The average molecular weight is 1020 g/mol. The van der Waals surface area contributed by atoms with Crippen LogP contribution in [0.5, 0.6) is 5.75 Å². The van der Waals surface area contributed by atoms with E-state index < -0.39 is 20.0 Å². The van der Waals surface area contributed by atoms with Gasteiger partial charge in [-0.3, -0.25) is 9.59 Å². The molecule has 0 radical (unpaired) electrons. The number of fused-ring (bicyclic) bond motifs is 2. The normalized spacial score (nSPS) is 21.1. The highest BCUT2D eigenvalue weighted by molar-refractivity contribution is 7.88. The summed E-state index contributed by atoms with van der Waals surface area (Å²) in [5, 5.41) is 11.2. The van der Waals surface area contributed by atoms with Crippen LogP contribution >= 0.6 is 0 Å². The zero-order valence-corrected chi connectivity index (χ0v) is 43.2. The van der Waals surface area contributed by atoms with Crippen molar-refractivity contribution in [2.45, 2.75) is 104 Å². The Hall–Kier alpha value is -6.42. The van der Waals surface area contributed by atoms with Gasteiger partial charge in [-0.25, -0.2) is 35.4 Å². The van der Waals surface area contributed by atoms with Gasteiger partial charge in [-0.1, -0.05) is 29.4 Å². The number of nitrogens with one attached hydrogen (secondary N) is 1. The lowest BCUT2D eigenvalue weighted by Crippen LogP contribution is -2.31. The van der Waals surface area contributed by atoms with Gasteiger partial charge < -0.3 is 33.1 Å². The Bertz CT molecular complexity index is 3410. The van der Waals surface area contributed by atoms with E-state index in [2.05, 4.69) is 31.7 Å². The van der Waals surface area contributed by atoms with Crippen molar-refractivity contribution in [1.29, 1.82) is 0 Å². The van der Waals surface area contributed by atoms with Crippen LogP contribution in [0.1, 0.15) is 111 Å². The van der Waals surface area contributed by atoms with E-state index in [1.807, 2.05) is 93.3 Å². The SMILES string of the molecule is CCCOc1ccc(N2C(=O)CC[C@H]2c2nc3cc(-c4c(C)noc4C)ccc3n2[C@@H]2CCN(S(C)(=O)=O)C2)cc1.Cc1noc(C)c1-c1ccc2c(c1)nc([C@@H]1CCC(=O)N1)n2[C@@H]1CCN(S(C)(=O)=O)C1. The van der Waals surface area contributed by atoms with Crippen LogP contribution in [-0.2, 0) is 29.6 Å². The Morgan fingerprint density at radius 1 is 0.681 bits per heavy atom. The Morgan fingerprint density at radius 3 is 1.67 bits per heavy atom. The average Bonchev–Trinajstić information content (AvgIpc) is 4.21. The highest BCUT2D eigenvalue weighted by Crippen LogP contribution is 2.42. The first-order valence-electron chi connectivity index (χ1n) is 24.5. The predicted octanol–water partition coefficient (Wildman–Crippen LogP) is 7.64. The van der Waals surface area contributed by atoms with Crippen LogP contribution in [-0.4, -0.2) is 112 Å². The van der Waals surface area contributed by atoms with Gasteiger partial charge in [0.2, 0.25) is 31.9 Å². The van der Waals surface area contributed by atoms with E-state index in [0.29, 0.717) is 71.3 Å². The van der Waals surface area contributed by atoms with E-state index >= 15 is 0 Å². The third-order valence-corrected chi connectivity index (χ3v) is 16.9. The molecule has 4 atom stereocenters. The molecule has 4 aliphatic heterocycles. The van der Waals surface area contributed by atoms with Gasteiger partial charge in [0.25, 0.3) is 0 Å². The van der Waals surface area contributed by atoms with Crippen LogP contribution in [0.3, 0.4) is 0 Å². The molecular weight excluding hydrogens is 961 g/mol. The highest BCUT2D eigenvalue weighted by atomic mass is 32.2. The molecule has 4 aromatic heterocycles. The number of imidazole rings is 2. The molecule has 7 aromatic rings. The summed E-state index contributed by atoms with van der Waals surface area (Å²) in [7, 11) is -6.58. The molecule has 0 unspecified atom stereocenters. The second-order valence-electron chi connectivity index (χ2n) is 19.4. The lowest BCUT2D eigenvalue weighted by molar-refractivity contribution is -0.119. The molecule has 2 amide bonds. The molecule has 4 saturated heterocycles. The number of carbonyl (C=O) groups is 2. The van der Waals surface area contributed by atoms with Gasteiger partial charge in [-0.05, 0) is 119 Å². The van der Waals surface area contributed by atoms with Crippen LogP contribution in [0.25, 0.3) is 44.3 Å². The van der Waals surface area contributed by atoms with Crippen molar-refractivity contribution in [2.75, 3.05) is 50.2 Å². The molecule has 3 aromatic carbocycles. The lowest BCUT2D eigenvalue weighted by Gasteiger charge is -2.27. The van der Waals surface area contributed by atoms with Crippen LogP contribution in [0, 0.1) is 27.7 Å². The third kappa shape index (κ3) is 9.31. The zero-order valence-electron chi connectivity index (χ0n) is 41.6. The fourth-order valence-corrected chi connectivity index (χ4v) is 12.8. The summed E-state index contributed by atoms with van der Waals surface area (Å²) in [4.78, 5) is 37.1. The fourth-order valence-electron chi connectivity index (χ4n) is 11.0. The topological polar surface area (TPSA) is 221 Å². The summed E-state index contributed by atoms with van der Waals surface area (Å²) in [6, 6.07) is 19.2. The maximum atomic E-state index is 13.3. The van der Waals surface area contributed by atoms with Gasteiger partial charge in [0.05, 0.1) is 76.7 Å². The minimum Gasteiger partial charge on any atom is -0.494 e. The van der Waals surface area contributed by atoms with Crippen molar-refractivity contribution < 1.29 is 40.2 Å². The number of hydrogen-bond donors (Lipinski definition) is 1. The Morgan fingerprint density at radius 2 is 1.21 bits per heavy atom. The minimum atomic E-state index is -3.33. The van der Waals surface area contributed by atoms with Crippen molar-refractivity contribution in [3.8, 4) is 28.0 Å². The maximum absolute atomic E-state index is 13.3. The molecule has 4 fully saturated rings. The van der Waals surface area contributed by atoms with Crippen molar-refractivity contribution in [3.05, 3.63) is 95.2 Å². The van der Waals surface area contributed by atoms with E-state index in [4.69, 9.17) is 23.8 Å². The van der Waals surface area contributed by atoms with Crippen LogP contribution < -0.4 is 15.0 Å². The number of aryl methyl sites for hydroxylation is 4. The van der Waals surface area contributed by atoms with E-state index in [-0.39, 0.29) is 36.0 Å². The number of amides is 2. The number of carbonyl (C=O) groups excluding carboxylic acids is 2. The van der Waals surface area contributed by atoms with Gasteiger partial charge in [0, 0.05) is 55.8 Å². The number of benzene rings is 3. The smallest absolute Gasteiger partial charge is 0.227 e. The third-order valence-electron chi connectivity index (χ3n) is 14.4. The van der Waals surface area contributed by atoms with Gasteiger partial charge in [-0.2, -0.15) is 0 Å². The summed E-state index contributed by atoms with van der Waals surface area (Å²) in [6.45, 7) is 12.0. The molecule has 0 saturated carbocycles. The van der Waals surface area contributed by atoms with Gasteiger partial charge in [0.1, 0.15) is 28.9 Å². The van der Waals surface area contributed by atoms with E-state index in [9.17, 15) is 26.4 Å². The first-order valence-corrected chi connectivity index (χ1v) is 28.2. The van der Waals surface area contributed by atoms with Crippen molar-refractivity contribution in [3.63, 3.8) is 0 Å². The van der Waals surface area contributed by atoms with Gasteiger partial charge in [0.15, 0.2) is 0 Å². The zero-order chi connectivity index (χ0) is 50.8. The molecule has 11 rings (SSSR count). The van der Waals surface area contributed by atoms with Crippen molar-refractivity contribution in [1.82, 2.24) is 43.3 Å². The largest absolute Gasteiger partial charge is 0.494 e. The molecule has 72 heavy (non-hydrogen) atoms. The fraction of sp³-hybridized carbons (Fsp3) is 0.451. The standard InChI is InChI=1S/C30H35N5O5S.C21H25N5O4S/c1-5-16-39-24-9-7-22(8-10-24)34-27(12-13-28(34)36)30-31-25-17-21(29-19(2)32-40-20(29)3)6-11-26(25)35(30)23-14-15-33(18-23)41(4,37)38;1-12-20(13(2)30-24-12)14-4-6-18-17(10-14)23-21(16-5-7-19(27)22-16)26(18)15-8-9-25(11-15)31(3,28)29/h6-11,17,23,27H,5,12-16,18H2,1-4H3;4,6,10,15-16H,5,7-9,11H2,1-3H3,(H,22,27)/t23-,27+;15-,16+/m11/s1. The summed E-state index contributed by atoms with van der Waals surface area (Å²) in [5.41, 5.74) is 9.69. The molecule has 1 N–H and O–H groups in total. The first-order chi connectivity index (χ1) is 34.4. The summed E-state index contributed by atoms with van der Waals surface area (Å²) in [5.74, 6) is 3.87. The molecule has 0 spiro atoms. The molecule has 4 aliphatic rings. The molecular formula is C51H60N10O9S2. The Kier molecular flexibility index (Phi) is 13.1. The second kappa shape index (κ2) is 19.2. The number of ether oxygens (including phenoxy) is 1. The summed E-state index contributed by atoms with van der Waals surface area (Å²) >= 11 is 0. The quantitative estimate of drug-likeness (QED) is 0.125. The van der Waals surface area contributed by atoms with Crippen LogP contribution in [0.15, 0.2) is 69.7 Å². The predicted molar refractivity (Wildman–Crippen MR) is 271 cm³/mol. The van der Waals surface area contributed by atoms with Crippen LogP contribution in [0.4, 0.5) is 5.69 Å². The molecule has 0 bridgehead atoms.